The van der Waals surface area contributed by atoms with Gasteiger partial charge in [0.1, 0.15) is 0 Å². The molecule has 0 bridgehead atoms. The Morgan fingerprint density at radius 3 is 1.46 bits per heavy atom. The zero-order valence-electron chi connectivity index (χ0n) is 21.8. The number of nitrogens with zero attached hydrogens (tertiary/aromatic N) is 1. The van der Waals surface area contributed by atoms with E-state index in [1.807, 2.05) is 6.07 Å². The number of aromatic nitrogens is 1. The topological polar surface area (TPSA) is 12.9 Å². The summed E-state index contributed by atoms with van der Waals surface area (Å²) >= 11 is 0. The van der Waals surface area contributed by atoms with Gasteiger partial charge in [-0.25, -0.2) is 4.98 Å². The molecule has 0 unspecified atom stereocenters. The highest BCUT2D eigenvalue weighted by Gasteiger charge is 2.15. The molecule has 0 amide bonds. The van der Waals surface area contributed by atoms with Gasteiger partial charge in [-0.3, -0.25) is 0 Å². The molecule has 0 atom stereocenters. The standard InChI is InChI=1S/C38H27N/c1-26-31-16-8-10-18-34(31)37(35-19-11-9-17-32(26)35)29-22-20-27(21-23-29)33-24-25-36(28-12-4-2-5-13-28)39-38(33)30-14-6-3-7-15-30/h2-25H,1H3. The van der Waals surface area contributed by atoms with Gasteiger partial charge in [-0.1, -0.05) is 140 Å². The molecule has 1 aromatic heterocycles. The highest BCUT2D eigenvalue weighted by atomic mass is 14.7. The lowest BCUT2D eigenvalue weighted by molar-refractivity contribution is 1.32. The van der Waals surface area contributed by atoms with Crippen LogP contribution in [0.3, 0.4) is 0 Å². The molecule has 7 rings (SSSR count). The fraction of sp³-hybridized carbons (Fsp3) is 0.0263. The molecule has 6 aromatic carbocycles. The van der Waals surface area contributed by atoms with Gasteiger partial charge in [0.2, 0.25) is 0 Å². The van der Waals surface area contributed by atoms with Crippen LogP contribution in [0.5, 0.6) is 0 Å². The lowest BCUT2D eigenvalue weighted by Gasteiger charge is -2.16. The Balaban J connectivity index is 1.39. The van der Waals surface area contributed by atoms with Crippen molar-refractivity contribution in [2.45, 2.75) is 6.92 Å². The number of aryl methyl sites for hydroxylation is 1. The van der Waals surface area contributed by atoms with Crippen LogP contribution < -0.4 is 0 Å². The van der Waals surface area contributed by atoms with E-state index >= 15 is 0 Å². The Hall–Kier alpha value is -5.01. The molecule has 0 N–H and O–H groups in total. The van der Waals surface area contributed by atoms with E-state index < -0.39 is 0 Å². The van der Waals surface area contributed by atoms with Crippen LogP contribution in [0.25, 0.3) is 66.3 Å². The van der Waals surface area contributed by atoms with E-state index in [9.17, 15) is 0 Å². The molecule has 0 aliphatic heterocycles. The average Bonchev–Trinajstić information content (AvgIpc) is 3.02. The molecule has 0 spiro atoms. The Morgan fingerprint density at radius 2 is 0.872 bits per heavy atom. The Labute approximate surface area is 229 Å². The van der Waals surface area contributed by atoms with Crippen molar-refractivity contribution in [2.24, 2.45) is 0 Å². The van der Waals surface area contributed by atoms with Crippen molar-refractivity contribution >= 4 is 21.5 Å². The molecule has 1 heterocycles. The molecule has 0 aliphatic carbocycles. The average molecular weight is 498 g/mol. The van der Waals surface area contributed by atoms with Gasteiger partial charge in [0.25, 0.3) is 0 Å². The van der Waals surface area contributed by atoms with Crippen LogP contribution in [0.4, 0.5) is 0 Å². The summed E-state index contributed by atoms with van der Waals surface area (Å²) in [5, 5.41) is 5.20. The molecular weight excluding hydrogens is 470 g/mol. The lowest BCUT2D eigenvalue weighted by atomic mass is 9.88. The zero-order chi connectivity index (χ0) is 26.2. The zero-order valence-corrected chi connectivity index (χ0v) is 21.8. The highest BCUT2D eigenvalue weighted by molar-refractivity contribution is 6.14. The molecular formula is C38H27N. The first kappa shape index (κ1) is 23.1. The van der Waals surface area contributed by atoms with E-state index in [0.29, 0.717) is 0 Å². The number of rotatable bonds is 4. The number of hydrogen-bond donors (Lipinski definition) is 0. The second-order valence-corrected chi connectivity index (χ2v) is 9.99. The third kappa shape index (κ3) is 4.09. The van der Waals surface area contributed by atoms with Crippen LogP contribution in [0, 0.1) is 6.92 Å². The van der Waals surface area contributed by atoms with Crippen molar-refractivity contribution in [1.29, 1.82) is 0 Å². The largest absolute Gasteiger partial charge is 0.247 e. The third-order valence-electron chi connectivity index (χ3n) is 7.70. The smallest absolute Gasteiger partial charge is 0.0787 e. The van der Waals surface area contributed by atoms with Gasteiger partial charge in [-0.15, -0.1) is 0 Å². The maximum absolute atomic E-state index is 5.16. The van der Waals surface area contributed by atoms with Gasteiger partial charge in [0.15, 0.2) is 0 Å². The molecule has 1 nitrogen and oxygen atoms in total. The molecule has 7 aromatic rings. The fourth-order valence-corrected chi connectivity index (χ4v) is 5.75. The summed E-state index contributed by atoms with van der Waals surface area (Å²) in [5.41, 5.74) is 10.3. The van der Waals surface area contributed by atoms with Crippen molar-refractivity contribution in [3.05, 3.63) is 151 Å². The lowest BCUT2D eigenvalue weighted by Crippen LogP contribution is -1.93. The molecule has 1 heteroatoms. The minimum absolute atomic E-state index is 0.979. The van der Waals surface area contributed by atoms with Gasteiger partial charge < -0.3 is 0 Å². The van der Waals surface area contributed by atoms with Gasteiger partial charge in [0, 0.05) is 16.7 Å². The number of benzene rings is 6. The number of fused-ring (bicyclic) bond motifs is 2. The Bertz CT molecular complexity index is 1880. The van der Waals surface area contributed by atoms with E-state index in [4.69, 9.17) is 4.98 Å². The van der Waals surface area contributed by atoms with E-state index in [1.165, 1.54) is 38.2 Å². The van der Waals surface area contributed by atoms with Crippen LogP contribution in [-0.4, -0.2) is 4.98 Å². The molecule has 184 valence electrons. The number of hydrogen-bond acceptors (Lipinski definition) is 1. The molecule has 39 heavy (non-hydrogen) atoms. The van der Waals surface area contributed by atoms with Gasteiger partial charge in [-0.2, -0.15) is 0 Å². The summed E-state index contributed by atoms with van der Waals surface area (Å²) in [6.07, 6.45) is 0. The number of pyridine rings is 1. The Kier molecular flexibility index (Phi) is 5.75. The first-order valence-electron chi connectivity index (χ1n) is 13.4. The first-order chi connectivity index (χ1) is 19.3. The summed E-state index contributed by atoms with van der Waals surface area (Å²) in [6.45, 7) is 2.23. The Morgan fingerprint density at radius 1 is 0.385 bits per heavy atom. The normalized spacial score (nSPS) is 11.2. The molecule has 0 aliphatic rings. The minimum Gasteiger partial charge on any atom is -0.247 e. The van der Waals surface area contributed by atoms with Crippen molar-refractivity contribution in [2.75, 3.05) is 0 Å². The van der Waals surface area contributed by atoms with Crippen molar-refractivity contribution in [3.63, 3.8) is 0 Å². The molecule has 0 saturated carbocycles. The van der Waals surface area contributed by atoms with Gasteiger partial charge >= 0.3 is 0 Å². The van der Waals surface area contributed by atoms with Crippen LogP contribution in [0.1, 0.15) is 5.56 Å². The van der Waals surface area contributed by atoms with Crippen LogP contribution in [-0.2, 0) is 0 Å². The highest BCUT2D eigenvalue weighted by Crippen LogP contribution is 2.40. The second-order valence-electron chi connectivity index (χ2n) is 9.99. The summed E-state index contributed by atoms with van der Waals surface area (Å²) < 4.78 is 0. The fourth-order valence-electron chi connectivity index (χ4n) is 5.75. The maximum Gasteiger partial charge on any atom is 0.0787 e. The molecule has 0 radical (unpaired) electrons. The van der Waals surface area contributed by atoms with Crippen molar-refractivity contribution < 1.29 is 0 Å². The van der Waals surface area contributed by atoms with Crippen LogP contribution in [0.15, 0.2) is 146 Å². The monoisotopic (exact) mass is 497 g/mol. The second kappa shape index (κ2) is 9.70. The predicted octanol–water partition coefficient (Wildman–Crippen LogP) is 10.4. The molecule has 0 fully saturated rings. The van der Waals surface area contributed by atoms with Crippen LogP contribution >= 0.6 is 0 Å². The third-order valence-corrected chi connectivity index (χ3v) is 7.70. The minimum atomic E-state index is 0.979. The van der Waals surface area contributed by atoms with E-state index in [2.05, 4.69) is 146 Å². The van der Waals surface area contributed by atoms with Crippen molar-refractivity contribution in [1.82, 2.24) is 4.98 Å². The van der Waals surface area contributed by atoms with Crippen LogP contribution in [0.2, 0.25) is 0 Å². The van der Waals surface area contributed by atoms with Gasteiger partial charge in [0.05, 0.1) is 11.4 Å². The first-order valence-corrected chi connectivity index (χ1v) is 13.4. The predicted molar refractivity (Wildman–Crippen MR) is 166 cm³/mol. The quantitative estimate of drug-likeness (QED) is 0.220. The maximum atomic E-state index is 5.16. The summed E-state index contributed by atoms with van der Waals surface area (Å²) in [5.74, 6) is 0. The SMILES string of the molecule is Cc1c2ccccc2c(-c2ccc(-c3ccc(-c4ccccc4)nc3-c3ccccc3)cc2)c2ccccc12. The van der Waals surface area contributed by atoms with Gasteiger partial charge in [-0.05, 0) is 56.8 Å². The molecule has 0 saturated heterocycles. The summed E-state index contributed by atoms with van der Waals surface area (Å²) in [6, 6.07) is 51.7. The van der Waals surface area contributed by atoms with E-state index in [-0.39, 0.29) is 0 Å². The van der Waals surface area contributed by atoms with Crippen molar-refractivity contribution in [3.8, 4) is 44.8 Å². The van der Waals surface area contributed by atoms with E-state index in [0.717, 1.165) is 33.6 Å². The summed E-state index contributed by atoms with van der Waals surface area (Å²) in [4.78, 5) is 5.16. The summed E-state index contributed by atoms with van der Waals surface area (Å²) in [7, 11) is 0. The van der Waals surface area contributed by atoms with E-state index in [1.54, 1.807) is 0 Å².